The van der Waals surface area contributed by atoms with Crippen LogP contribution in [0.5, 0.6) is 5.75 Å². The third-order valence-electron chi connectivity index (χ3n) is 4.22. The number of rotatable bonds is 8. The van der Waals surface area contributed by atoms with Gasteiger partial charge in [0.05, 0.1) is 6.61 Å². The molecule has 0 aliphatic heterocycles. The number of benzene rings is 1. The van der Waals surface area contributed by atoms with Gasteiger partial charge in [0.2, 0.25) is 0 Å². The molecular weight excluding hydrogens is 272 g/mol. The van der Waals surface area contributed by atoms with Crippen LogP contribution in [0, 0.1) is 5.92 Å². The molecule has 0 bridgehead atoms. The SMILES string of the molecule is CCCOc1ccc(C(C)(C)C)cc1C(C)CC(CN)CN. The number of nitrogens with two attached hydrogens (primary N) is 2. The normalized spacial score (nSPS) is 13.5. The Bertz CT molecular complexity index is 447. The molecule has 0 saturated carbocycles. The molecule has 0 radical (unpaired) electrons. The number of hydrogen-bond acceptors (Lipinski definition) is 3. The van der Waals surface area contributed by atoms with Gasteiger partial charge in [-0.1, -0.05) is 46.8 Å². The van der Waals surface area contributed by atoms with Gasteiger partial charge in [-0.25, -0.2) is 0 Å². The predicted molar refractivity (Wildman–Crippen MR) is 95.6 cm³/mol. The minimum absolute atomic E-state index is 0.138. The van der Waals surface area contributed by atoms with E-state index in [1.165, 1.54) is 11.1 Å². The van der Waals surface area contributed by atoms with Gasteiger partial charge in [-0.05, 0) is 60.4 Å². The minimum atomic E-state index is 0.138. The molecule has 3 heteroatoms. The molecule has 0 aliphatic carbocycles. The molecule has 1 rings (SSSR count). The van der Waals surface area contributed by atoms with Gasteiger partial charge in [-0.2, -0.15) is 0 Å². The van der Waals surface area contributed by atoms with Crippen LogP contribution in [0.15, 0.2) is 18.2 Å². The molecule has 0 fully saturated rings. The molecule has 0 amide bonds. The summed E-state index contributed by atoms with van der Waals surface area (Å²) in [4.78, 5) is 0. The van der Waals surface area contributed by atoms with Gasteiger partial charge < -0.3 is 16.2 Å². The van der Waals surface area contributed by atoms with Crippen LogP contribution in [-0.4, -0.2) is 19.7 Å². The molecule has 0 heterocycles. The van der Waals surface area contributed by atoms with Crippen LogP contribution in [0.1, 0.15) is 64.5 Å². The summed E-state index contributed by atoms with van der Waals surface area (Å²) < 4.78 is 5.96. The second-order valence-electron chi connectivity index (χ2n) is 7.33. The van der Waals surface area contributed by atoms with Crippen molar-refractivity contribution in [3.05, 3.63) is 29.3 Å². The smallest absolute Gasteiger partial charge is 0.122 e. The lowest BCUT2D eigenvalue weighted by atomic mass is 9.82. The molecule has 0 aliphatic rings. The second-order valence-corrected chi connectivity index (χ2v) is 7.33. The lowest BCUT2D eigenvalue weighted by molar-refractivity contribution is 0.310. The van der Waals surface area contributed by atoms with Crippen LogP contribution < -0.4 is 16.2 Å². The Morgan fingerprint density at radius 2 is 1.77 bits per heavy atom. The Labute approximate surface area is 136 Å². The van der Waals surface area contributed by atoms with E-state index in [0.717, 1.165) is 25.2 Å². The molecule has 1 unspecified atom stereocenters. The molecule has 4 N–H and O–H groups in total. The Morgan fingerprint density at radius 1 is 1.14 bits per heavy atom. The van der Waals surface area contributed by atoms with Gasteiger partial charge in [0.1, 0.15) is 5.75 Å². The summed E-state index contributed by atoms with van der Waals surface area (Å²) in [6, 6.07) is 6.62. The first kappa shape index (κ1) is 19.0. The zero-order valence-corrected chi connectivity index (χ0v) is 15.0. The van der Waals surface area contributed by atoms with Crippen LogP contribution >= 0.6 is 0 Å². The van der Waals surface area contributed by atoms with Gasteiger partial charge in [0, 0.05) is 0 Å². The lowest BCUT2D eigenvalue weighted by Crippen LogP contribution is -2.25. The van der Waals surface area contributed by atoms with Crippen LogP contribution in [0.25, 0.3) is 0 Å². The predicted octanol–water partition coefficient (Wildman–Crippen LogP) is 3.80. The zero-order chi connectivity index (χ0) is 16.8. The third-order valence-corrected chi connectivity index (χ3v) is 4.22. The molecule has 22 heavy (non-hydrogen) atoms. The Morgan fingerprint density at radius 3 is 2.27 bits per heavy atom. The highest BCUT2D eigenvalue weighted by atomic mass is 16.5. The van der Waals surface area contributed by atoms with Gasteiger partial charge in [0.15, 0.2) is 0 Å². The molecule has 1 aromatic carbocycles. The molecule has 1 aromatic rings. The maximum absolute atomic E-state index is 5.96. The van der Waals surface area contributed by atoms with Crippen LogP contribution in [-0.2, 0) is 5.41 Å². The molecule has 3 nitrogen and oxygen atoms in total. The molecule has 0 saturated heterocycles. The highest BCUT2D eigenvalue weighted by Crippen LogP contribution is 2.35. The summed E-state index contributed by atoms with van der Waals surface area (Å²) in [5.74, 6) is 1.77. The van der Waals surface area contributed by atoms with E-state index in [1.54, 1.807) is 0 Å². The van der Waals surface area contributed by atoms with E-state index in [4.69, 9.17) is 16.2 Å². The fourth-order valence-electron chi connectivity index (χ4n) is 2.66. The number of ether oxygens (including phenoxy) is 1. The van der Waals surface area contributed by atoms with Crippen LogP contribution in [0.3, 0.4) is 0 Å². The fraction of sp³-hybridized carbons (Fsp3) is 0.684. The molecular formula is C19H34N2O. The number of hydrogen-bond donors (Lipinski definition) is 2. The summed E-state index contributed by atoms with van der Waals surface area (Å²) in [6.07, 6.45) is 2.02. The summed E-state index contributed by atoms with van der Waals surface area (Å²) in [5, 5.41) is 0. The van der Waals surface area contributed by atoms with Crippen molar-refractivity contribution in [2.75, 3.05) is 19.7 Å². The maximum Gasteiger partial charge on any atom is 0.122 e. The molecule has 126 valence electrons. The Balaban J connectivity index is 3.09. The quantitative estimate of drug-likeness (QED) is 0.768. The summed E-state index contributed by atoms with van der Waals surface area (Å²) >= 11 is 0. The standard InChI is InChI=1S/C19H34N2O/c1-6-9-22-18-8-7-16(19(3,4)5)11-17(18)14(2)10-15(12-20)13-21/h7-8,11,14-15H,6,9-10,12-13,20-21H2,1-5H3. The van der Waals surface area contributed by atoms with E-state index in [9.17, 15) is 0 Å². The van der Waals surface area contributed by atoms with E-state index in [-0.39, 0.29) is 5.41 Å². The average molecular weight is 306 g/mol. The summed E-state index contributed by atoms with van der Waals surface area (Å²) in [5.41, 5.74) is 14.4. The monoisotopic (exact) mass is 306 g/mol. The molecule has 0 spiro atoms. The maximum atomic E-state index is 5.96. The fourth-order valence-corrected chi connectivity index (χ4v) is 2.66. The van der Waals surface area contributed by atoms with Crippen molar-refractivity contribution in [1.29, 1.82) is 0 Å². The van der Waals surface area contributed by atoms with Crippen molar-refractivity contribution in [1.82, 2.24) is 0 Å². The topological polar surface area (TPSA) is 61.3 Å². The first-order valence-electron chi connectivity index (χ1n) is 8.50. The average Bonchev–Trinajstić information content (AvgIpc) is 2.49. The zero-order valence-electron chi connectivity index (χ0n) is 15.0. The largest absolute Gasteiger partial charge is 0.493 e. The van der Waals surface area contributed by atoms with E-state index >= 15 is 0 Å². The highest BCUT2D eigenvalue weighted by Gasteiger charge is 2.20. The van der Waals surface area contributed by atoms with Crippen LogP contribution in [0.4, 0.5) is 0 Å². The van der Waals surface area contributed by atoms with Crippen molar-refractivity contribution in [2.24, 2.45) is 17.4 Å². The van der Waals surface area contributed by atoms with E-state index in [0.29, 0.717) is 24.9 Å². The summed E-state index contributed by atoms with van der Waals surface area (Å²) in [7, 11) is 0. The third kappa shape index (κ3) is 5.29. The van der Waals surface area contributed by atoms with Gasteiger partial charge >= 0.3 is 0 Å². The second kappa shape index (κ2) is 8.54. The van der Waals surface area contributed by atoms with Crippen LogP contribution in [0.2, 0.25) is 0 Å². The van der Waals surface area contributed by atoms with Crippen molar-refractivity contribution in [3.63, 3.8) is 0 Å². The first-order valence-corrected chi connectivity index (χ1v) is 8.50. The van der Waals surface area contributed by atoms with Crippen molar-refractivity contribution in [2.45, 2.75) is 58.8 Å². The highest BCUT2D eigenvalue weighted by molar-refractivity contribution is 5.41. The van der Waals surface area contributed by atoms with Gasteiger partial charge in [-0.15, -0.1) is 0 Å². The molecule has 1 atom stereocenters. The van der Waals surface area contributed by atoms with Crippen molar-refractivity contribution in [3.8, 4) is 5.75 Å². The first-order chi connectivity index (χ1) is 10.3. The van der Waals surface area contributed by atoms with Crippen molar-refractivity contribution < 1.29 is 4.74 Å². The van der Waals surface area contributed by atoms with E-state index < -0.39 is 0 Å². The van der Waals surface area contributed by atoms with E-state index in [1.807, 2.05) is 0 Å². The summed E-state index contributed by atoms with van der Waals surface area (Å²) in [6.45, 7) is 13.1. The van der Waals surface area contributed by atoms with E-state index in [2.05, 4.69) is 52.8 Å². The lowest BCUT2D eigenvalue weighted by Gasteiger charge is -2.25. The van der Waals surface area contributed by atoms with Gasteiger partial charge in [-0.3, -0.25) is 0 Å². The Hall–Kier alpha value is -1.06. The van der Waals surface area contributed by atoms with Gasteiger partial charge in [0.25, 0.3) is 0 Å². The molecule has 0 aromatic heterocycles. The minimum Gasteiger partial charge on any atom is -0.493 e. The Kier molecular flexibility index (Phi) is 7.37. The van der Waals surface area contributed by atoms with Crippen molar-refractivity contribution >= 4 is 0 Å².